The van der Waals surface area contributed by atoms with Gasteiger partial charge >= 0.3 is 0 Å². The fourth-order valence-electron chi connectivity index (χ4n) is 3.13. The van der Waals surface area contributed by atoms with Gasteiger partial charge in [0.1, 0.15) is 0 Å². The van der Waals surface area contributed by atoms with Crippen molar-refractivity contribution in [2.75, 3.05) is 0 Å². The van der Waals surface area contributed by atoms with Gasteiger partial charge in [0.05, 0.1) is 11.1 Å². The van der Waals surface area contributed by atoms with Crippen molar-refractivity contribution in [3.63, 3.8) is 0 Å². The highest BCUT2D eigenvalue weighted by Gasteiger charge is 2.36. The van der Waals surface area contributed by atoms with E-state index in [2.05, 4.69) is 9.98 Å². The molecule has 106 valence electrons. The lowest BCUT2D eigenvalue weighted by Crippen LogP contribution is -2.30. The van der Waals surface area contributed by atoms with E-state index in [0.29, 0.717) is 11.8 Å². The van der Waals surface area contributed by atoms with Gasteiger partial charge in [-0.2, -0.15) is 9.98 Å². The van der Waals surface area contributed by atoms with Crippen LogP contribution >= 0.6 is 0 Å². The maximum absolute atomic E-state index is 10.5. The average molecular weight is 264 g/mol. The lowest BCUT2D eigenvalue weighted by Gasteiger charge is -2.30. The van der Waals surface area contributed by atoms with Crippen LogP contribution in [0.4, 0.5) is 0 Å². The number of carbonyl (C=O) groups excluding carboxylic acids is 2. The Morgan fingerprint density at radius 2 is 1.16 bits per heavy atom. The molecule has 0 aromatic rings. The number of hydrogen-bond donors (Lipinski definition) is 0. The van der Waals surface area contributed by atoms with E-state index in [-0.39, 0.29) is 11.1 Å². The molecule has 1 fully saturated rings. The molecule has 1 rings (SSSR count). The Bertz CT molecular complexity index is 364. The molecule has 0 saturated heterocycles. The van der Waals surface area contributed by atoms with Crippen LogP contribution in [0.5, 0.6) is 0 Å². The molecule has 4 nitrogen and oxygen atoms in total. The lowest BCUT2D eigenvalue weighted by molar-refractivity contribution is 0.262. The molecular formula is C15H24N2O2. The van der Waals surface area contributed by atoms with Crippen LogP contribution < -0.4 is 0 Å². The molecule has 2 unspecified atom stereocenters. The van der Waals surface area contributed by atoms with E-state index < -0.39 is 0 Å². The van der Waals surface area contributed by atoms with Gasteiger partial charge in [-0.15, -0.1) is 0 Å². The van der Waals surface area contributed by atoms with Crippen molar-refractivity contribution in [3.05, 3.63) is 0 Å². The monoisotopic (exact) mass is 264 g/mol. The lowest BCUT2D eigenvalue weighted by atomic mass is 9.80. The number of isocyanates is 2. The van der Waals surface area contributed by atoms with E-state index >= 15 is 0 Å². The molecule has 0 spiro atoms. The molecule has 0 N–H and O–H groups in total. The summed E-state index contributed by atoms with van der Waals surface area (Å²) in [5, 5.41) is 0. The van der Waals surface area contributed by atoms with Crippen LogP contribution in [0.3, 0.4) is 0 Å². The molecule has 2 atom stereocenters. The van der Waals surface area contributed by atoms with Gasteiger partial charge < -0.3 is 0 Å². The molecule has 1 aliphatic rings. The van der Waals surface area contributed by atoms with Crippen LogP contribution in [-0.4, -0.2) is 23.2 Å². The summed E-state index contributed by atoms with van der Waals surface area (Å²) in [6.45, 7) is 7.99. The molecule has 0 radical (unpaired) electrons. The summed E-state index contributed by atoms with van der Waals surface area (Å²) in [6.07, 6.45) is 8.63. The molecule has 0 aromatic carbocycles. The Morgan fingerprint density at radius 1 is 0.789 bits per heavy atom. The smallest absolute Gasteiger partial charge is 0.211 e. The Hall–Kier alpha value is -1.24. The predicted octanol–water partition coefficient (Wildman–Crippen LogP) is 3.41. The van der Waals surface area contributed by atoms with Crippen molar-refractivity contribution in [2.45, 2.75) is 70.9 Å². The number of rotatable bonds is 4. The van der Waals surface area contributed by atoms with Gasteiger partial charge in [0, 0.05) is 0 Å². The molecular weight excluding hydrogens is 240 g/mol. The zero-order chi connectivity index (χ0) is 14.5. The maximum atomic E-state index is 10.5. The zero-order valence-electron chi connectivity index (χ0n) is 12.4. The molecule has 0 aromatic heterocycles. The second-order valence-corrected chi connectivity index (χ2v) is 6.62. The van der Waals surface area contributed by atoms with Gasteiger partial charge in [-0.05, 0) is 65.2 Å². The second-order valence-electron chi connectivity index (χ2n) is 6.62. The second kappa shape index (κ2) is 6.27. The standard InChI is InChI=1S/C15H24N2O2/c1-14(2,16-10-18)12-6-5-7-13(9-8-12)15(3,4)17-11-19/h12-13H,5-9H2,1-4H3. The minimum absolute atomic E-state index is 0.339. The van der Waals surface area contributed by atoms with Gasteiger partial charge in [-0.3, -0.25) is 0 Å². The van der Waals surface area contributed by atoms with E-state index in [0.717, 1.165) is 32.1 Å². The van der Waals surface area contributed by atoms with Crippen LogP contribution in [-0.2, 0) is 9.59 Å². The molecule has 1 saturated carbocycles. The molecule has 0 amide bonds. The Kier molecular flexibility index (Phi) is 5.22. The van der Waals surface area contributed by atoms with E-state index in [4.69, 9.17) is 0 Å². The summed E-state index contributed by atoms with van der Waals surface area (Å²) in [5.41, 5.74) is -0.677. The van der Waals surface area contributed by atoms with Crippen molar-refractivity contribution in [1.29, 1.82) is 0 Å². The Morgan fingerprint density at radius 3 is 1.47 bits per heavy atom. The van der Waals surface area contributed by atoms with Crippen molar-refractivity contribution >= 4 is 12.2 Å². The molecule has 0 bridgehead atoms. The first kappa shape index (κ1) is 15.8. The van der Waals surface area contributed by atoms with Crippen LogP contribution in [0.15, 0.2) is 9.98 Å². The first-order valence-corrected chi connectivity index (χ1v) is 7.01. The molecule has 0 aliphatic heterocycles. The average Bonchev–Trinajstić information content (AvgIpc) is 2.54. The highest BCUT2D eigenvalue weighted by atomic mass is 16.1. The van der Waals surface area contributed by atoms with Gasteiger partial charge in [0.25, 0.3) is 0 Å². The first-order chi connectivity index (χ1) is 8.83. The number of nitrogens with zero attached hydrogens (tertiary/aromatic N) is 2. The van der Waals surface area contributed by atoms with Gasteiger partial charge in [0.15, 0.2) is 0 Å². The summed E-state index contributed by atoms with van der Waals surface area (Å²) < 4.78 is 0. The predicted molar refractivity (Wildman–Crippen MR) is 74.5 cm³/mol. The minimum atomic E-state index is -0.339. The quantitative estimate of drug-likeness (QED) is 0.444. The summed E-state index contributed by atoms with van der Waals surface area (Å²) in [7, 11) is 0. The van der Waals surface area contributed by atoms with Crippen LogP contribution in [0, 0.1) is 11.8 Å². The van der Waals surface area contributed by atoms with Crippen molar-refractivity contribution < 1.29 is 9.59 Å². The van der Waals surface area contributed by atoms with E-state index in [9.17, 15) is 9.59 Å². The summed E-state index contributed by atoms with van der Waals surface area (Å²) in [4.78, 5) is 28.9. The van der Waals surface area contributed by atoms with Crippen LogP contribution in [0.2, 0.25) is 0 Å². The van der Waals surface area contributed by atoms with Gasteiger partial charge in [-0.1, -0.05) is 6.42 Å². The Balaban J connectivity index is 2.77. The van der Waals surface area contributed by atoms with Crippen LogP contribution in [0.25, 0.3) is 0 Å². The highest BCUT2D eigenvalue weighted by Crippen LogP contribution is 2.40. The molecule has 19 heavy (non-hydrogen) atoms. The topological polar surface area (TPSA) is 58.9 Å². The first-order valence-electron chi connectivity index (χ1n) is 7.01. The molecule has 4 heteroatoms. The Labute approximate surface area is 115 Å². The zero-order valence-corrected chi connectivity index (χ0v) is 12.4. The fourth-order valence-corrected chi connectivity index (χ4v) is 3.13. The van der Waals surface area contributed by atoms with E-state index in [1.807, 2.05) is 27.7 Å². The van der Waals surface area contributed by atoms with E-state index in [1.165, 1.54) is 0 Å². The van der Waals surface area contributed by atoms with Gasteiger partial charge in [-0.25, -0.2) is 9.59 Å². The van der Waals surface area contributed by atoms with Crippen LogP contribution in [0.1, 0.15) is 59.8 Å². The SMILES string of the molecule is CC(C)(N=C=O)C1CCCC(C(C)(C)N=C=O)CC1. The van der Waals surface area contributed by atoms with Crippen molar-refractivity contribution in [2.24, 2.45) is 21.8 Å². The van der Waals surface area contributed by atoms with Gasteiger partial charge in [0.2, 0.25) is 12.2 Å². The maximum Gasteiger partial charge on any atom is 0.235 e. The van der Waals surface area contributed by atoms with Crippen molar-refractivity contribution in [3.8, 4) is 0 Å². The number of aliphatic imine (C=N–C) groups is 2. The highest BCUT2D eigenvalue weighted by molar-refractivity contribution is 5.35. The number of hydrogen-bond acceptors (Lipinski definition) is 4. The summed E-state index contributed by atoms with van der Waals surface area (Å²) in [6, 6.07) is 0. The summed E-state index contributed by atoms with van der Waals surface area (Å²) in [5.74, 6) is 0.796. The third-order valence-corrected chi connectivity index (χ3v) is 4.63. The third kappa shape index (κ3) is 4.12. The third-order valence-electron chi connectivity index (χ3n) is 4.63. The minimum Gasteiger partial charge on any atom is -0.211 e. The van der Waals surface area contributed by atoms with E-state index in [1.54, 1.807) is 12.2 Å². The molecule has 0 heterocycles. The molecule has 1 aliphatic carbocycles. The normalized spacial score (nSPS) is 24.8. The van der Waals surface area contributed by atoms with Crippen molar-refractivity contribution in [1.82, 2.24) is 0 Å². The summed E-state index contributed by atoms with van der Waals surface area (Å²) >= 11 is 0. The largest absolute Gasteiger partial charge is 0.235 e. The fraction of sp³-hybridized carbons (Fsp3) is 0.867.